The Balaban J connectivity index is 1.54. The van der Waals surface area contributed by atoms with Crippen molar-refractivity contribution in [1.82, 2.24) is 24.7 Å². The first kappa shape index (κ1) is 22.2. The average Bonchev–Trinajstić information content (AvgIpc) is 2.76. The number of piperazine rings is 1. The van der Waals surface area contributed by atoms with Crippen LogP contribution in [0.25, 0.3) is 10.9 Å². The van der Waals surface area contributed by atoms with Gasteiger partial charge in [0.15, 0.2) is 0 Å². The molecule has 0 spiro atoms. The lowest BCUT2D eigenvalue weighted by molar-refractivity contribution is -0.135. The van der Waals surface area contributed by atoms with E-state index in [0.29, 0.717) is 28.7 Å². The Morgan fingerprint density at radius 3 is 2.69 bits per heavy atom. The number of unbranched alkanes of at least 4 members (excludes halogenated alkanes) is 1. The number of hydrogen-bond donors (Lipinski definition) is 1. The van der Waals surface area contributed by atoms with Gasteiger partial charge in [-0.3, -0.25) is 24.3 Å². The van der Waals surface area contributed by atoms with Crippen LogP contribution in [0.5, 0.6) is 0 Å². The molecule has 1 atom stereocenters. The molecule has 2 aromatic rings. The molecule has 1 aromatic heterocycles. The molecule has 168 valence electrons. The minimum atomic E-state index is -0.735. The van der Waals surface area contributed by atoms with E-state index in [0.717, 1.165) is 45.6 Å². The average molecular weight is 436 g/mol. The second kappa shape index (κ2) is 9.63. The summed E-state index contributed by atoms with van der Waals surface area (Å²) in [7, 11) is 2.15. The number of hydrogen-bond acceptors (Lipinski definition) is 6. The first-order chi connectivity index (χ1) is 15.4. The third-order valence-electron chi connectivity index (χ3n) is 6.22. The highest BCUT2D eigenvalue weighted by atomic mass is 16.2. The molecule has 2 amide bonds. The van der Waals surface area contributed by atoms with Crippen LogP contribution in [-0.2, 0) is 9.59 Å². The molecule has 0 bridgehead atoms. The van der Waals surface area contributed by atoms with Crippen LogP contribution in [0.15, 0.2) is 23.0 Å². The summed E-state index contributed by atoms with van der Waals surface area (Å²) in [6.45, 7) is 7.14. The van der Waals surface area contributed by atoms with Crippen LogP contribution >= 0.6 is 0 Å². The monoisotopic (exact) mass is 435 g/mol. The minimum Gasteiger partial charge on any atom is -0.304 e. The molecule has 0 saturated carbocycles. The smallest absolute Gasteiger partial charge is 0.263 e. The van der Waals surface area contributed by atoms with E-state index in [2.05, 4.69) is 39.0 Å². The molecule has 2 aliphatic heterocycles. The van der Waals surface area contributed by atoms with Crippen LogP contribution in [0.3, 0.4) is 0 Å². The molecule has 32 heavy (non-hydrogen) atoms. The second-order valence-electron chi connectivity index (χ2n) is 8.55. The van der Waals surface area contributed by atoms with E-state index in [1.54, 1.807) is 13.0 Å². The van der Waals surface area contributed by atoms with Gasteiger partial charge in [0.1, 0.15) is 11.9 Å². The highest BCUT2D eigenvalue weighted by Crippen LogP contribution is 2.21. The van der Waals surface area contributed by atoms with Crippen molar-refractivity contribution in [2.75, 3.05) is 39.8 Å². The highest BCUT2D eigenvalue weighted by Gasteiger charge is 2.30. The quantitative estimate of drug-likeness (QED) is 0.439. The maximum absolute atomic E-state index is 13.4. The predicted octanol–water partition coefficient (Wildman–Crippen LogP) is 1.06. The summed E-state index contributed by atoms with van der Waals surface area (Å²) in [6.07, 6.45) is 2.23. The van der Waals surface area contributed by atoms with Crippen LogP contribution < -0.4 is 10.9 Å². The summed E-state index contributed by atoms with van der Waals surface area (Å²) >= 11 is 0. The molecule has 3 heterocycles. The number of aromatic nitrogens is 2. The molecular formula is C24H29N5O3. The zero-order valence-corrected chi connectivity index (χ0v) is 18.7. The maximum atomic E-state index is 13.4. The van der Waals surface area contributed by atoms with Gasteiger partial charge in [0.25, 0.3) is 5.56 Å². The van der Waals surface area contributed by atoms with Gasteiger partial charge in [-0.05, 0) is 45.5 Å². The van der Waals surface area contributed by atoms with Crippen LogP contribution in [0.2, 0.25) is 0 Å². The molecule has 8 nitrogen and oxygen atoms in total. The van der Waals surface area contributed by atoms with Crippen molar-refractivity contribution in [1.29, 1.82) is 0 Å². The summed E-state index contributed by atoms with van der Waals surface area (Å²) in [6, 6.07) is 4.72. The fraction of sp³-hybridized carbons (Fsp3) is 0.500. The number of nitrogens with zero attached hydrogens (tertiary/aromatic N) is 4. The van der Waals surface area contributed by atoms with E-state index in [9.17, 15) is 14.4 Å². The molecule has 2 fully saturated rings. The number of nitrogens with one attached hydrogen (secondary N) is 1. The molecule has 8 heteroatoms. The third-order valence-corrected chi connectivity index (χ3v) is 6.22. The summed E-state index contributed by atoms with van der Waals surface area (Å²) in [4.78, 5) is 46.6. The highest BCUT2D eigenvalue weighted by molar-refractivity contribution is 5.99. The predicted molar refractivity (Wildman–Crippen MR) is 122 cm³/mol. The number of likely N-dealkylation sites (N-methyl/N-ethyl adjacent to an activating group) is 1. The summed E-state index contributed by atoms with van der Waals surface area (Å²) in [5.74, 6) is 6.05. The summed E-state index contributed by atoms with van der Waals surface area (Å²) in [5, 5.41) is 2.75. The number of carbonyl (C=O) groups is 2. The molecule has 2 aliphatic rings. The van der Waals surface area contributed by atoms with Crippen molar-refractivity contribution in [3.8, 4) is 11.8 Å². The van der Waals surface area contributed by atoms with E-state index in [1.807, 2.05) is 12.1 Å². The number of piperidine rings is 1. The number of imide groups is 1. The van der Waals surface area contributed by atoms with Gasteiger partial charge in [0, 0.05) is 44.6 Å². The van der Waals surface area contributed by atoms with Gasteiger partial charge in [0.05, 0.1) is 10.9 Å². The molecular weight excluding hydrogens is 406 g/mol. The normalized spacial score (nSPS) is 20.1. The Bertz CT molecular complexity index is 1150. The lowest BCUT2D eigenvalue weighted by Gasteiger charge is -2.32. The molecule has 1 unspecified atom stereocenters. The van der Waals surface area contributed by atoms with Crippen LogP contribution in [-0.4, -0.2) is 70.9 Å². The Morgan fingerprint density at radius 1 is 1.16 bits per heavy atom. The number of fused-ring (bicyclic) bond motifs is 1. The topological polar surface area (TPSA) is 87.5 Å². The van der Waals surface area contributed by atoms with Gasteiger partial charge >= 0.3 is 0 Å². The van der Waals surface area contributed by atoms with Crippen LogP contribution in [0, 0.1) is 18.8 Å². The van der Waals surface area contributed by atoms with Crippen molar-refractivity contribution in [3.63, 3.8) is 0 Å². The van der Waals surface area contributed by atoms with Crippen molar-refractivity contribution in [3.05, 3.63) is 39.9 Å². The van der Waals surface area contributed by atoms with Crippen LogP contribution in [0.4, 0.5) is 0 Å². The lowest BCUT2D eigenvalue weighted by Crippen LogP contribution is -2.45. The summed E-state index contributed by atoms with van der Waals surface area (Å²) in [5.41, 5.74) is 0.908. The lowest BCUT2D eigenvalue weighted by atomic mass is 10.0. The molecule has 2 saturated heterocycles. The van der Waals surface area contributed by atoms with Gasteiger partial charge < -0.3 is 9.80 Å². The number of rotatable bonds is 4. The van der Waals surface area contributed by atoms with Crippen molar-refractivity contribution in [2.45, 2.75) is 38.6 Å². The molecule has 1 N–H and O–H groups in total. The maximum Gasteiger partial charge on any atom is 0.263 e. The van der Waals surface area contributed by atoms with Gasteiger partial charge in [-0.25, -0.2) is 4.98 Å². The number of amides is 2. The van der Waals surface area contributed by atoms with Gasteiger partial charge in [0.2, 0.25) is 11.8 Å². The van der Waals surface area contributed by atoms with Gasteiger partial charge in [-0.2, -0.15) is 0 Å². The Hall–Kier alpha value is -3.02. The fourth-order valence-corrected chi connectivity index (χ4v) is 4.37. The molecule has 0 aliphatic carbocycles. The van der Waals surface area contributed by atoms with Gasteiger partial charge in [-0.15, -0.1) is 0 Å². The number of aryl methyl sites for hydroxylation is 1. The van der Waals surface area contributed by atoms with Crippen molar-refractivity contribution >= 4 is 22.7 Å². The van der Waals surface area contributed by atoms with Crippen molar-refractivity contribution in [2.24, 2.45) is 0 Å². The number of carbonyl (C=O) groups excluding carboxylic acids is 2. The second-order valence-corrected chi connectivity index (χ2v) is 8.55. The SMILES string of the molecule is Cc1nc2cccc(C#CCCCN3CCN(C)CC3)c2c(=O)n1C1CCC(=O)NC1=O. The zero-order valence-electron chi connectivity index (χ0n) is 18.7. The molecule has 0 radical (unpaired) electrons. The molecule has 1 aromatic carbocycles. The Morgan fingerprint density at radius 2 is 1.94 bits per heavy atom. The fourth-order valence-electron chi connectivity index (χ4n) is 4.37. The first-order valence-corrected chi connectivity index (χ1v) is 11.2. The Labute approximate surface area is 187 Å². The largest absolute Gasteiger partial charge is 0.304 e. The number of benzene rings is 1. The Kier molecular flexibility index (Phi) is 6.68. The van der Waals surface area contributed by atoms with E-state index in [-0.39, 0.29) is 17.9 Å². The zero-order chi connectivity index (χ0) is 22.7. The van der Waals surface area contributed by atoms with E-state index < -0.39 is 11.9 Å². The van der Waals surface area contributed by atoms with E-state index >= 15 is 0 Å². The summed E-state index contributed by atoms with van der Waals surface area (Å²) < 4.78 is 1.41. The minimum absolute atomic E-state index is 0.203. The van der Waals surface area contributed by atoms with E-state index in [1.165, 1.54) is 4.57 Å². The standard InChI is InChI=1S/C24H29N5O3/c1-17-25-19-9-6-8-18(7-4-3-5-12-28-15-13-27(2)14-16-28)22(19)24(32)29(17)20-10-11-21(30)26-23(20)31/h6,8-9,20H,3,5,10-16H2,1-2H3,(H,26,30,31). The third kappa shape index (κ3) is 4.74. The first-order valence-electron chi connectivity index (χ1n) is 11.2. The molecule has 4 rings (SSSR count). The van der Waals surface area contributed by atoms with E-state index in [4.69, 9.17) is 0 Å². The van der Waals surface area contributed by atoms with Crippen LogP contribution in [0.1, 0.15) is 43.1 Å². The van der Waals surface area contributed by atoms with Gasteiger partial charge in [-0.1, -0.05) is 17.9 Å². The van der Waals surface area contributed by atoms with Crippen molar-refractivity contribution < 1.29 is 9.59 Å².